The van der Waals surface area contributed by atoms with E-state index in [0.29, 0.717) is 24.1 Å². The Morgan fingerprint density at radius 3 is 2.77 bits per heavy atom. The summed E-state index contributed by atoms with van der Waals surface area (Å²) in [5, 5.41) is 16.7. The molecule has 1 fully saturated rings. The van der Waals surface area contributed by atoms with Crippen molar-refractivity contribution in [2.24, 2.45) is 10.9 Å². The van der Waals surface area contributed by atoms with Crippen LogP contribution < -0.4 is 10.6 Å². The van der Waals surface area contributed by atoms with Crippen molar-refractivity contribution < 1.29 is 0 Å². The van der Waals surface area contributed by atoms with Crippen LogP contribution in [-0.2, 0) is 6.54 Å². The van der Waals surface area contributed by atoms with Gasteiger partial charge in [-0.25, -0.2) is 0 Å². The van der Waals surface area contributed by atoms with E-state index in [-0.39, 0.29) is 24.0 Å². The Morgan fingerprint density at radius 1 is 1.23 bits per heavy atom. The number of rotatable bonds is 5. The van der Waals surface area contributed by atoms with Gasteiger partial charge in [0.25, 0.3) is 0 Å². The largest absolute Gasteiger partial charge is 0.356 e. The van der Waals surface area contributed by atoms with E-state index in [2.05, 4.69) is 45.8 Å². The van der Waals surface area contributed by atoms with Crippen LogP contribution in [0.2, 0.25) is 5.02 Å². The summed E-state index contributed by atoms with van der Waals surface area (Å²) < 4.78 is 0. The van der Waals surface area contributed by atoms with Gasteiger partial charge in [-0.3, -0.25) is 9.89 Å². The summed E-state index contributed by atoms with van der Waals surface area (Å²) in [7, 11) is 3.97. The molecular weight excluding hydrogens is 509 g/mol. The molecule has 7 heteroatoms. The Hall–Kier alpha value is -1.82. The van der Waals surface area contributed by atoms with E-state index in [9.17, 15) is 0 Å². The number of nitrogens with zero attached hydrogens (tertiary/aromatic N) is 3. The molecule has 0 spiro atoms. The van der Waals surface area contributed by atoms with Crippen LogP contribution in [0.4, 0.5) is 0 Å². The Kier molecular flexibility index (Phi) is 9.89. The number of likely N-dealkylation sites (tertiary alicyclic amines) is 1. The van der Waals surface area contributed by atoms with Crippen molar-refractivity contribution in [3.05, 3.63) is 70.2 Å². The number of halogens is 2. The summed E-state index contributed by atoms with van der Waals surface area (Å²) in [5.41, 5.74) is 2.99. The highest BCUT2D eigenvalue weighted by Crippen LogP contribution is 2.35. The molecule has 2 aromatic carbocycles. The van der Waals surface area contributed by atoms with Crippen molar-refractivity contribution in [1.29, 1.82) is 5.26 Å². The fraction of sp³-hybridized carbons (Fsp3) is 0.391. The van der Waals surface area contributed by atoms with Gasteiger partial charge >= 0.3 is 0 Å². The maximum absolute atomic E-state index is 9.05. The maximum Gasteiger partial charge on any atom is 0.191 e. The van der Waals surface area contributed by atoms with Crippen LogP contribution >= 0.6 is 35.6 Å². The molecule has 0 saturated carbocycles. The standard InChI is InChI=1S/C23H28ClN5.HI/c1-26-23(27-15-18-7-3-6-17(12-18)14-25)28-16-20-9-5-11-29(2)22(20)19-8-4-10-21(24)13-19;/h3-4,6-8,10,12-13,20,22H,5,9,11,15-16H2,1-2H3,(H2,26,27,28);1H. The summed E-state index contributed by atoms with van der Waals surface area (Å²) in [6.45, 7) is 2.55. The zero-order valence-electron chi connectivity index (χ0n) is 17.4. The number of hydrogen-bond donors (Lipinski definition) is 2. The molecule has 2 N–H and O–H groups in total. The van der Waals surface area contributed by atoms with Crippen molar-refractivity contribution in [2.45, 2.75) is 25.4 Å². The normalized spacial score (nSPS) is 19.5. The summed E-state index contributed by atoms with van der Waals surface area (Å²) in [4.78, 5) is 6.78. The number of hydrogen-bond acceptors (Lipinski definition) is 3. The third-order valence-electron chi connectivity index (χ3n) is 5.47. The SMILES string of the molecule is CN=C(NCc1cccc(C#N)c1)NCC1CCCN(C)C1c1cccc(Cl)c1.I. The summed E-state index contributed by atoms with van der Waals surface area (Å²) >= 11 is 6.25. The summed E-state index contributed by atoms with van der Waals surface area (Å²) in [5.74, 6) is 1.23. The third-order valence-corrected chi connectivity index (χ3v) is 5.70. The predicted molar refractivity (Wildman–Crippen MR) is 134 cm³/mol. The fourth-order valence-electron chi connectivity index (χ4n) is 4.08. The first-order valence-electron chi connectivity index (χ1n) is 10.00. The van der Waals surface area contributed by atoms with Crippen molar-refractivity contribution in [2.75, 3.05) is 27.2 Å². The molecule has 0 aliphatic carbocycles. The number of guanidine groups is 1. The molecule has 0 amide bonds. The average molecular weight is 538 g/mol. The second-order valence-corrected chi connectivity index (χ2v) is 7.94. The van der Waals surface area contributed by atoms with Crippen molar-refractivity contribution in [3.8, 4) is 6.07 Å². The molecule has 0 radical (unpaired) electrons. The van der Waals surface area contributed by atoms with Gasteiger partial charge in [-0.2, -0.15) is 5.26 Å². The van der Waals surface area contributed by atoms with Crippen LogP contribution in [0.15, 0.2) is 53.5 Å². The predicted octanol–water partition coefficient (Wildman–Crippen LogP) is 4.58. The first-order valence-corrected chi connectivity index (χ1v) is 10.4. The zero-order chi connectivity index (χ0) is 20.6. The molecule has 1 aliphatic rings. The average Bonchev–Trinajstić information content (AvgIpc) is 2.74. The molecule has 5 nitrogen and oxygen atoms in total. The maximum atomic E-state index is 9.05. The summed E-state index contributed by atoms with van der Waals surface area (Å²) in [6.07, 6.45) is 2.35. The van der Waals surface area contributed by atoms with Gasteiger partial charge < -0.3 is 10.6 Å². The fourth-order valence-corrected chi connectivity index (χ4v) is 4.27. The molecule has 3 rings (SSSR count). The van der Waals surface area contributed by atoms with E-state index in [4.69, 9.17) is 16.9 Å². The highest BCUT2D eigenvalue weighted by Gasteiger charge is 2.30. The van der Waals surface area contributed by atoms with Gasteiger partial charge in [0.05, 0.1) is 11.6 Å². The molecule has 1 aliphatic heterocycles. The van der Waals surface area contributed by atoms with Gasteiger partial charge in [-0.1, -0.05) is 35.9 Å². The molecule has 2 atom stereocenters. The van der Waals surface area contributed by atoms with Crippen LogP contribution in [-0.4, -0.2) is 38.0 Å². The smallest absolute Gasteiger partial charge is 0.191 e. The van der Waals surface area contributed by atoms with Crippen LogP contribution in [0.5, 0.6) is 0 Å². The van der Waals surface area contributed by atoms with Crippen LogP contribution in [0.1, 0.15) is 35.6 Å². The Balaban J connectivity index is 0.00000320. The molecule has 30 heavy (non-hydrogen) atoms. The second-order valence-electron chi connectivity index (χ2n) is 7.50. The van der Waals surface area contributed by atoms with Crippen molar-refractivity contribution in [1.82, 2.24) is 15.5 Å². The van der Waals surface area contributed by atoms with Gasteiger partial charge in [0.15, 0.2) is 5.96 Å². The minimum absolute atomic E-state index is 0. The highest BCUT2D eigenvalue weighted by atomic mass is 127. The second kappa shape index (κ2) is 12.1. The van der Waals surface area contributed by atoms with Gasteiger partial charge in [0.1, 0.15) is 0 Å². The first-order chi connectivity index (χ1) is 14.1. The van der Waals surface area contributed by atoms with Crippen LogP contribution in [0, 0.1) is 17.2 Å². The van der Waals surface area contributed by atoms with E-state index in [1.165, 1.54) is 12.0 Å². The number of aliphatic imine (C=N–C) groups is 1. The number of piperidine rings is 1. The number of nitriles is 1. The molecule has 1 saturated heterocycles. The Morgan fingerprint density at radius 2 is 2.03 bits per heavy atom. The molecule has 0 aromatic heterocycles. The first kappa shape index (κ1) is 24.4. The van der Waals surface area contributed by atoms with E-state index in [0.717, 1.165) is 36.1 Å². The molecule has 0 bridgehead atoms. The quantitative estimate of drug-likeness (QED) is 0.333. The minimum atomic E-state index is 0. The van der Waals surface area contributed by atoms with E-state index in [1.54, 1.807) is 7.05 Å². The number of nitrogens with one attached hydrogen (secondary N) is 2. The third kappa shape index (κ3) is 6.59. The lowest BCUT2D eigenvalue weighted by Gasteiger charge is -2.40. The molecule has 2 aromatic rings. The zero-order valence-corrected chi connectivity index (χ0v) is 20.5. The minimum Gasteiger partial charge on any atom is -0.356 e. The van der Waals surface area contributed by atoms with E-state index >= 15 is 0 Å². The van der Waals surface area contributed by atoms with Gasteiger partial charge in [0.2, 0.25) is 0 Å². The van der Waals surface area contributed by atoms with Gasteiger partial charge in [0, 0.05) is 31.2 Å². The van der Waals surface area contributed by atoms with Gasteiger partial charge in [-0.05, 0) is 67.7 Å². The van der Waals surface area contributed by atoms with E-state index < -0.39 is 0 Å². The van der Waals surface area contributed by atoms with E-state index in [1.807, 2.05) is 36.4 Å². The Labute approximate surface area is 201 Å². The summed E-state index contributed by atoms with van der Waals surface area (Å²) in [6, 6.07) is 18.3. The highest BCUT2D eigenvalue weighted by molar-refractivity contribution is 14.0. The molecular formula is C23H29ClIN5. The molecule has 1 heterocycles. The lowest BCUT2D eigenvalue weighted by Crippen LogP contribution is -2.44. The van der Waals surface area contributed by atoms with Crippen LogP contribution in [0.25, 0.3) is 0 Å². The monoisotopic (exact) mass is 537 g/mol. The lowest BCUT2D eigenvalue weighted by molar-refractivity contribution is 0.122. The van der Waals surface area contributed by atoms with Crippen LogP contribution in [0.3, 0.4) is 0 Å². The van der Waals surface area contributed by atoms with Gasteiger partial charge in [-0.15, -0.1) is 24.0 Å². The van der Waals surface area contributed by atoms with Crippen molar-refractivity contribution >= 4 is 41.5 Å². The number of benzene rings is 2. The Bertz CT molecular complexity index is 895. The van der Waals surface area contributed by atoms with Crippen molar-refractivity contribution in [3.63, 3.8) is 0 Å². The molecule has 160 valence electrons. The molecule has 2 unspecified atom stereocenters. The topological polar surface area (TPSA) is 63.5 Å². The lowest BCUT2D eigenvalue weighted by atomic mass is 9.85.